The average Bonchev–Trinajstić information content (AvgIpc) is 3.86. The maximum absolute atomic E-state index is 5.14. The van der Waals surface area contributed by atoms with Gasteiger partial charge in [-0.05, 0) is 97.6 Å². The predicted molar refractivity (Wildman–Crippen MR) is 254 cm³/mol. The molecule has 0 bridgehead atoms. The Morgan fingerprint density at radius 1 is 0.338 bits per heavy atom. The number of benzene rings is 6. The smallest absolute Gasteiger partial charge is 0.264 e. The SMILES string of the molecule is [Pt+2].[c-]1c(C(=C(c2cccnc2)c2cccnc2)c2[c-]c(C3(c4ccccn4)c4ccccc4-c4ccccc43)ccc2)cccc1C1(c2ccccn2)c2ccccc2-c2ccccc21. The molecule has 0 spiro atoms. The third-order valence-electron chi connectivity index (χ3n) is 13.1. The first-order valence-electron chi connectivity index (χ1n) is 21.6. The second-order valence-electron chi connectivity index (χ2n) is 16.3. The Kier molecular flexibility index (Phi) is 10.2. The monoisotopic (exact) mass is 1010 g/mol. The van der Waals surface area contributed by atoms with Crippen molar-refractivity contribution in [2.24, 2.45) is 0 Å². The van der Waals surface area contributed by atoms with Gasteiger partial charge in [0.25, 0.3) is 0 Å². The number of fused-ring (bicyclic) bond motifs is 6. The maximum Gasteiger partial charge on any atom is 2.00 e. The molecule has 65 heavy (non-hydrogen) atoms. The first kappa shape index (κ1) is 40.1. The van der Waals surface area contributed by atoms with Crippen LogP contribution in [0, 0.1) is 12.1 Å². The molecule has 0 fully saturated rings. The van der Waals surface area contributed by atoms with Crippen molar-refractivity contribution in [3.8, 4) is 22.3 Å². The molecule has 0 radical (unpaired) electrons. The van der Waals surface area contributed by atoms with Gasteiger partial charge in [-0.25, -0.2) is 0 Å². The quantitative estimate of drug-likeness (QED) is 0.142. The van der Waals surface area contributed by atoms with Crippen LogP contribution in [0.3, 0.4) is 0 Å². The van der Waals surface area contributed by atoms with E-state index in [2.05, 4.69) is 192 Å². The number of hydrogen-bond donors (Lipinski definition) is 0. The third kappa shape index (κ3) is 6.16. The second kappa shape index (κ2) is 16.5. The molecule has 4 nitrogen and oxygen atoms in total. The summed E-state index contributed by atoms with van der Waals surface area (Å²) in [6, 6.07) is 77.0. The minimum Gasteiger partial charge on any atom is -0.264 e. The normalized spacial score (nSPS) is 13.4. The molecule has 2 aliphatic carbocycles. The average molecular weight is 1010 g/mol. The number of hydrogen-bond acceptors (Lipinski definition) is 4. The van der Waals surface area contributed by atoms with Crippen molar-refractivity contribution < 1.29 is 21.1 Å². The molecular weight excluding hydrogens is 972 g/mol. The van der Waals surface area contributed by atoms with Crippen LogP contribution < -0.4 is 0 Å². The van der Waals surface area contributed by atoms with Crippen LogP contribution in [-0.4, -0.2) is 19.9 Å². The third-order valence-corrected chi connectivity index (χ3v) is 13.1. The van der Waals surface area contributed by atoms with Crippen LogP contribution >= 0.6 is 0 Å². The van der Waals surface area contributed by atoms with Gasteiger partial charge in [-0.1, -0.05) is 121 Å². The van der Waals surface area contributed by atoms with Gasteiger partial charge < -0.3 is 0 Å². The van der Waals surface area contributed by atoms with E-state index in [1.54, 1.807) is 0 Å². The van der Waals surface area contributed by atoms with E-state index in [4.69, 9.17) is 9.97 Å². The molecule has 0 aliphatic heterocycles. The molecule has 10 aromatic rings. The molecule has 2 aliphatic rings. The van der Waals surface area contributed by atoms with Gasteiger partial charge >= 0.3 is 21.1 Å². The van der Waals surface area contributed by atoms with Crippen molar-refractivity contribution in [1.29, 1.82) is 0 Å². The zero-order chi connectivity index (χ0) is 42.5. The second-order valence-corrected chi connectivity index (χ2v) is 16.3. The Morgan fingerprint density at radius 3 is 1.08 bits per heavy atom. The fraction of sp³-hybridized carbons (Fsp3) is 0.0333. The van der Waals surface area contributed by atoms with Crippen LogP contribution in [0.2, 0.25) is 0 Å². The van der Waals surface area contributed by atoms with Crippen molar-refractivity contribution in [3.05, 3.63) is 310 Å². The molecule has 12 rings (SSSR count). The fourth-order valence-electron chi connectivity index (χ4n) is 10.6. The summed E-state index contributed by atoms with van der Waals surface area (Å²) >= 11 is 0. The largest absolute Gasteiger partial charge is 2.00 e. The van der Waals surface area contributed by atoms with E-state index in [0.717, 1.165) is 55.9 Å². The van der Waals surface area contributed by atoms with E-state index in [0.29, 0.717) is 0 Å². The molecule has 4 aromatic heterocycles. The summed E-state index contributed by atoms with van der Waals surface area (Å²) in [6.45, 7) is 0. The van der Waals surface area contributed by atoms with Crippen LogP contribution in [0.25, 0.3) is 33.4 Å². The molecule has 308 valence electrons. The van der Waals surface area contributed by atoms with Crippen molar-refractivity contribution in [1.82, 2.24) is 19.9 Å². The summed E-state index contributed by atoms with van der Waals surface area (Å²) in [5.41, 5.74) is 17.5. The summed E-state index contributed by atoms with van der Waals surface area (Å²) in [7, 11) is 0. The predicted octanol–water partition coefficient (Wildman–Crippen LogP) is 12.6. The van der Waals surface area contributed by atoms with Crippen LogP contribution in [0.4, 0.5) is 0 Å². The first-order chi connectivity index (χ1) is 31.8. The van der Waals surface area contributed by atoms with Gasteiger partial charge in [-0.2, -0.15) is 0 Å². The van der Waals surface area contributed by atoms with E-state index in [9.17, 15) is 0 Å². The van der Waals surface area contributed by atoms with E-state index >= 15 is 0 Å². The molecular formula is C60H38N4Pt. The van der Waals surface area contributed by atoms with Crippen LogP contribution in [-0.2, 0) is 31.9 Å². The van der Waals surface area contributed by atoms with Gasteiger partial charge in [0.1, 0.15) is 0 Å². The molecule has 0 amide bonds. The van der Waals surface area contributed by atoms with Gasteiger partial charge in [-0.3, -0.25) is 19.9 Å². The molecule has 6 aromatic carbocycles. The summed E-state index contributed by atoms with van der Waals surface area (Å²) in [6.07, 6.45) is 11.3. The minimum absolute atomic E-state index is 0. The van der Waals surface area contributed by atoms with Crippen molar-refractivity contribution >= 4 is 11.1 Å². The maximum atomic E-state index is 5.14. The Balaban J connectivity index is 0.00000469. The molecule has 4 heterocycles. The Morgan fingerprint density at radius 2 is 0.723 bits per heavy atom. The summed E-state index contributed by atoms with van der Waals surface area (Å²) < 4.78 is 0. The van der Waals surface area contributed by atoms with Crippen molar-refractivity contribution in [2.45, 2.75) is 10.8 Å². The summed E-state index contributed by atoms with van der Waals surface area (Å²) in [5.74, 6) is 0. The number of nitrogens with zero attached hydrogens (tertiary/aromatic N) is 4. The van der Waals surface area contributed by atoms with E-state index in [1.807, 2.05) is 61.4 Å². The Bertz CT molecular complexity index is 3070. The van der Waals surface area contributed by atoms with Gasteiger partial charge in [0, 0.05) is 37.2 Å². The van der Waals surface area contributed by atoms with Crippen LogP contribution in [0.15, 0.2) is 231 Å². The number of rotatable bonds is 8. The van der Waals surface area contributed by atoms with E-state index in [-0.39, 0.29) is 21.1 Å². The fourth-order valence-corrected chi connectivity index (χ4v) is 10.6. The minimum atomic E-state index is -0.746. The van der Waals surface area contributed by atoms with Gasteiger partial charge in [0.2, 0.25) is 0 Å². The van der Waals surface area contributed by atoms with Crippen LogP contribution in [0.1, 0.15) is 67.0 Å². The summed E-state index contributed by atoms with van der Waals surface area (Å²) in [4.78, 5) is 19.6. The van der Waals surface area contributed by atoms with Gasteiger partial charge in [0.15, 0.2) is 0 Å². The van der Waals surface area contributed by atoms with Gasteiger partial charge in [-0.15, -0.1) is 76.4 Å². The van der Waals surface area contributed by atoms with E-state index in [1.165, 1.54) is 44.5 Å². The zero-order valence-electron chi connectivity index (χ0n) is 35.0. The van der Waals surface area contributed by atoms with Gasteiger partial charge in [0.05, 0.1) is 22.2 Å². The molecule has 0 saturated heterocycles. The topological polar surface area (TPSA) is 51.6 Å². The number of pyridine rings is 4. The molecule has 0 atom stereocenters. The molecule has 0 N–H and O–H groups in total. The number of aromatic nitrogens is 4. The summed E-state index contributed by atoms with van der Waals surface area (Å²) in [5, 5.41) is 0. The standard InChI is InChI=1S/C60H38N4.Pt/c1-5-27-51-47(23-1)48-24-2-6-28-52(48)59(51,55-31-9-11-35-63-55)45-21-13-17-41(37-45)57(58(43-19-15-33-61-39-43)44-20-16-34-62-40-44)42-18-14-22-46(38-42)60(56-32-10-12-36-64-56)53-29-7-3-25-49(53)50-26-4-8-30-54(50)60;/h1-36,39-40H;/q-2;+2. The Hall–Kier alpha value is -7.65. The van der Waals surface area contributed by atoms with Crippen LogP contribution in [0.5, 0.6) is 0 Å². The molecule has 5 heteroatoms. The van der Waals surface area contributed by atoms with E-state index < -0.39 is 10.8 Å². The first-order valence-corrected chi connectivity index (χ1v) is 21.6. The molecule has 0 saturated carbocycles. The van der Waals surface area contributed by atoms with Crippen molar-refractivity contribution in [2.75, 3.05) is 0 Å². The van der Waals surface area contributed by atoms with Crippen molar-refractivity contribution in [3.63, 3.8) is 0 Å². The molecule has 0 unspecified atom stereocenters. The zero-order valence-corrected chi connectivity index (χ0v) is 37.3. The Labute approximate surface area is 393 Å².